The third kappa shape index (κ3) is 7.97. The number of nitrogens with one attached hydrogen (secondary N) is 3. The maximum Gasteiger partial charge on any atom is 0.252 e. The van der Waals surface area contributed by atoms with Crippen LogP contribution in [0.15, 0.2) is 0 Å². The number of aliphatic hydroxyl groups excluding tert-OH is 7. The number of carbonyl (C=O) groups excluding carboxylic acids is 1. The van der Waals surface area contributed by atoms with Crippen LogP contribution in [0.25, 0.3) is 0 Å². The zero-order chi connectivity index (χ0) is 32.2. The largest absolute Gasteiger partial charge is 0.395 e. The second kappa shape index (κ2) is 15.4. The quantitative estimate of drug-likeness (QED) is 0.0892. The summed E-state index contributed by atoms with van der Waals surface area (Å²) in [5, 5.41) is 92.2. The van der Waals surface area contributed by atoms with Crippen molar-refractivity contribution < 1.29 is 64.2 Å². The topological polar surface area (TPSA) is 295 Å². The molecule has 17 nitrogen and oxygen atoms in total. The summed E-state index contributed by atoms with van der Waals surface area (Å²) in [7, 11) is 1.50. The summed E-state index contributed by atoms with van der Waals surface area (Å²) in [6.45, 7) is 0.405. The number of ether oxygens (including phenoxy) is 3. The van der Waals surface area contributed by atoms with Crippen molar-refractivity contribution in [2.24, 2.45) is 17.4 Å². The van der Waals surface area contributed by atoms with Crippen LogP contribution >= 0.6 is 0 Å². The van der Waals surface area contributed by atoms with Crippen molar-refractivity contribution in [1.29, 1.82) is 0 Å². The highest BCUT2D eigenvalue weighted by Crippen LogP contribution is 2.37. The molecule has 3 unspecified atom stereocenters. The van der Waals surface area contributed by atoms with E-state index in [1.807, 2.05) is 0 Å². The lowest BCUT2D eigenvalue weighted by Gasteiger charge is -2.52. The first-order chi connectivity index (χ1) is 20.2. The molecule has 0 aromatic carbocycles. The lowest BCUT2D eigenvalue weighted by Crippen LogP contribution is -2.71. The third-order valence-electron chi connectivity index (χ3n) is 8.51. The van der Waals surface area contributed by atoms with E-state index in [4.69, 9.17) is 30.8 Å². The van der Waals surface area contributed by atoms with Gasteiger partial charge in [-0.2, -0.15) is 0 Å². The Labute approximate surface area is 248 Å². The van der Waals surface area contributed by atoms with Crippen LogP contribution in [0.1, 0.15) is 13.3 Å². The molecule has 2 aliphatic heterocycles. The summed E-state index contributed by atoms with van der Waals surface area (Å²) in [5.41, 5.74) is 10.1. The van der Waals surface area contributed by atoms with Gasteiger partial charge in [-0.15, -0.1) is 0 Å². The number of rotatable bonds is 12. The molecule has 1 saturated carbocycles. The van der Waals surface area contributed by atoms with Crippen molar-refractivity contribution in [3.63, 3.8) is 0 Å². The molecule has 0 aromatic heterocycles. The number of amides is 1. The minimum absolute atomic E-state index is 0.0322. The Morgan fingerprint density at radius 3 is 2.42 bits per heavy atom. The molecule has 1 amide bonds. The molecule has 3 rings (SSSR count). The number of nitrogens with two attached hydrogens (primary N) is 2. The molecule has 3 aliphatic rings. The van der Waals surface area contributed by atoms with Gasteiger partial charge in [-0.25, -0.2) is 4.39 Å². The lowest BCUT2D eigenvalue weighted by atomic mass is 9.72. The van der Waals surface area contributed by atoms with Gasteiger partial charge in [0.2, 0.25) is 0 Å². The number of aliphatic hydroxyl groups is 8. The third-order valence-corrected chi connectivity index (χ3v) is 8.51. The van der Waals surface area contributed by atoms with Gasteiger partial charge in [0.05, 0.1) is 43.6 Å². The van der Waals surface area contributed by atoms with Gasteiger partial charge in [0.15, 0.2) is 12.4 Å². The maximum atomic E-state index is 14.0. The minimum atomic E-state index is -2.15. The van der Waals surface area contributed by atoms with E-state index in [0.29, 0.717) is 0 Å². The van der Waals surface area contributed by atoms with Gasteiger partial charge in [-0.05, 0) is 20.4 Å². The van der Waals surface area contributed by atoms with E-state index in [2.05, 4.69) is 16.0 Å². The van der Waals surface area contributed by atoms with Gasteiger partial charge in [0.1, 0.15) is 42.3 Å². The van der Waals surface area contributed by atoms with Gasteiger partial charge in [0.25, 0.3) is 5.91 Å². The Morgan fingerprint density at radius 2 is 1.81 bits per heavy atom. The van der Waals surface area contributed by atoms with Crippen LogP contribution in [0.3, 0.4) is 0 Å². The van der Waals surface area contributed by atoms with E-state index >= 15 is 0 Å². The van der Waals surface area contributed by atoms with Gasteiger partial charge in [0, 0.05) is 31.6 Å². The summed E-state index contributed by atoms with van der Waals surface area (Å²) < 4.78 is 31.4. The van der Waals surface area contributed by atoms with Gasteiger partial charge in [-0.3, -0.25) is 4.79 Å². The molecule has 2 heterocycles. The van der Waals surface area contributed by atoms with Gasteiger partial charge < -0.3 is 82.5 Å². The van der Waals surface area contributed by atoms with Crippen molar-refractivity contribution in [3.05, 3.63) is 0 Å². The predicted octanol–water partition coefficient (Wildman–Crippen LogP) is -7.29. The van der Waals surface area contributed by atoms with E-state index in [1.54, 1.807) is 0 Å². The predicted molar refractivity (Wildman–Crippen MR) is 145 cm³/mol. The standard InChI is InChI=1S/C25H48FN5O12/c1-25(40)8-41-24(19(38)22(25)29-2)43-20-11(31-23(39)14(33)9(26)6-27)5-10(28)13(16(20)35)21-18(37)17(36)15(34)12(42-21)7-30-3-4-32/h9-22,24,29-30,32-38,40H,3-8,27-28H2,1-2H3,(H,31,39)/t9?,10-,11+,12+,13?,14?,15+,16-,17-,18+,19+,20-,21+,22+,24+,25-/m0/s1. The molecule has 43 heavy (non-hydrogen) atoms. The maximum absolute atomic E-state index is 14.0. The summed E-state index contributed by atoms with van der Waals surface area (Å²) >= 11 is 0. The van der Waals surface area contributed by atoms with Gasteiger partial charge in [-0.1, -0.05) is 0 Å². The van der Waals surface area contributed by atoms with Crippen molar-refractivity contribution in [2.75, 3.05) is 39.9 Å². The Kier molecular flexibility index (Phi) is 13.0. The van der Waals surface area contributed by atoms with E-state index in [1.165, 1.54) is 14.0 Å². The van der Waals surface area contributed by atoms with E-state index in [0.717, 1.165) is 0 Å². The Hall–Kier alpha value is -1.20. The second-order valence-electron chi connectivity index (χ2n) is 11.7. The molecule has 18 heteroatoms. The fourth-order valence-corrected chi connectivity index (χ4v) is 6.12. The van der Waals surface area contributed by atoms with Crippen LogP contribution < -0.4 is 27.4 Å². The number of hydrogen-bond donors (Lipinski definition) is 13. The minimum Gasteiger partial charge on any atom is -0.395 e. The molecule has 2 saturated heterocycles. The summed E-state index contributed by atoms with van der Waals surface area (Å²) in [4.78, 5) is 12.7. The van der Waals surface area contributed by atoms with Crippen LogP contribution in [-0.4, -0.2) is 178 Å². The first-order valence-corrected chi connectivity index (χ1v) is 14.3. The highest BCUT2D eigenvalue weighted by atomic mass is 19.1. The molecule has 0 bridgehead atoms. The summed E-state index contributed by atoms with van der Waals surface area (Å²) in [5.74, 6) is -2.36. The van der Waals surface area contributed by atoms with E-state index in [-0.39, 0.29) is 32.7 Å². The molecule has 252 valence electrons. The normalized spacial score (nSPS) is 45.4. The lowest BCUT2D eigenvalue weighted by molar-refractivity contribution is -0.303. The highest BCUT2D eigenvalue weighted by Gasteiger charge is 2.56. The molecular formula is C25H48FN5O12. The average molecular weight is 630 g/mol. The summed E-state index contributed by atoms with van der Waals surface area (Å²) in [6.07, 6.45) is -17.9. The average Bonchev–Trinajstić information content (AvgIpc) is 2.96. The first kappa shape index (κ1) is 36.3. The van der Waals surface area contributed by atoms with E-state index in [9.17, 15) is 44.9 Å². The van der Waals surface area contributed by atoms with Crippen molar-refractivity contribution >= 4 is 5.91 Å². The van der Waals surface area contributed by atoms with Crippen LogP contribution in [0, 0.1) is 5.92 Å². The Bertz CT molecular complexity index is 898. The van der Waals surface area contributed by atoms with Crippen molar-refractivity contribution in [1.82, 2.24) is 16.0 Å². The monoisotopic (exact) mass is 629 g/mol. The number of alkyl halides is 1. The number of hydrogen-bond acceptors (Lipinski definition) is 16. The number of likely N-dealkylation sites (N-methyl/N-ethyl adjacent to an activating group) is 1. The molecule has 15 N–H and O–H groups in total. The molecule has 16 atom stereocenters. The molecule has 3 fully saturated rings. The zero-order valence-corrected chi connectivity index (χ0v) is 24.1. The molecule has 0 radical (unpaired) electrons. The Balaban J connectivity index is 1.91. The van der Waals surface area contributed by atoms with Crippen LogP contribution in [0.5, 0.6) is 0 Å². The molecule has 1 aliphatic carbocycles. The van der Waals surface area contributed by atoms with Crippen LogP contribution in [-0.2, 0) is 19.0 Å². The number of carbonyl (C=O) groups is 1. The molecule has 0 aromatic rings. The van der Waals surface area contributed by atoms with Gasteiger partial charge >= 0.3 is 0 Å². The van der Waals surface area contributed by atoms with E-state index < -0.39 is 109 Å². The SMILES string of the molecule is CN[C@@H]1[C@@H](O)[C@@H](O[C@H]2[C@H](NC(=O)C(O)C(F)CN)C[C@H](N)C([C@H]3O[C@H](CNCCO)[C@@H](O)[C@H](O)[C@H]3O)[C@@H]2O)OC[C@]1(C)O. The smallest absolute Gasteiger partial charge is 0.252 e. The van der Waals surface area contributed by atoms with Crippen LogP contribution in [0.2, 0.25) is 0 Å². The summed E-state index contributed by atoms with van der Waals surface area (Å²) in [6, 6.07) is -3.19. The fraction of sp³-hybridized carbons (Fsp3) is 0.960. The molecule has 0 spiro atoms. The fourth-order valence-electron chi connectivity index (χ4n) is 6.12. The van der Waals surface area contributed by atoms with Crippen molar-refractivity contribution in [3.8, 4) is 0 Å². The van der Waals surface area contributed by atoms with Crippen LogP contribution in [0.4, 0.5) is 4.39 Å². The zero-order valence-electron chi connectivity index (χ0n) is 24.1. The Morgan fingerprint density at radius 1 is 1.14 bits per heavy atom. The second-order valence-corrected chi connectivity index (χ2v) is 11.7. The number of halogens is 1. The highest BCUT2D eigenvalue weighted by molar-refractivity contribution is 5.81. The molecular weight excluding hydrogens is 581 g/mol. The van der Waals surface area contributed by atoms with Crippen molar-refractivity contribution in [2.45, 2.75) is 104 Å². The first-order valence-electron chi connectivity index (χ1n) is 14.3.